The van der Waals surface area contributed by atoms with E-state index in [4.69, 9.17) is 0 Å². The van der Waals surface area contributed by atoms with Gasteiger partial charge in [0, 0.05) is 19.6 Å². The minimum absolute atomic E-state index is 0.394. The first kappa shape index (κ1) is 7.56. The number of likely N-dealkylation sites (tertiary alicyclic amines) is 1. The first-order chi connectivity index (χ1) is 5.16. The van der Waals surface area contributed by atoms with Crippen molar-refractivity contribution in [3.8, 4) is 0 Å². The highest BCUT2D eigenvalue weighted by Crippen LogP contribution is 2.32. The third kappa shape index (κ3) is 1.94. The van der Waals surface area contributed by atoms with Crippen molar-refractivity contribution >= 4 is 0 Å². The van der Waals surface area contributed by atoms with E-state index in [1.165, 1.54) is 19.4 Å². The topological polar surface area (TPSA) is 23.5 Å². The summed E-state index contributed by atoms with van der Waals surface area (Å²) in [5.41, 5.74) is -0.394. The fourth-order valence-corrected chi connectivity index (χ4v) is 1.86. The Balaban J connectivity index is 1.79. The molecule has 2 rings (SSSR count). The number of hydrogen-bond acceptors (Lipinski definition) is 2. The second kappa shape index (κ2) is 2.46. The Morgan fingerprint density at radius 1 is 1.55 bits per heavy atom. The molecule has 0 spiro atoms. The van der Waals surface area contributed by atoms with Crippen molar-refractivity contribution < 1.29 is 5.11 Å². The fraction of sp³-hybridized carbons (Fsp3) is 1.00. The molecule has 2 nitrogen and oxygen atoms in total. The van der Waals surface area contributed by atoms with E-state index < -0.39 is 5.60 Å². The lowest BCUT2D eigenvalue weighted by molar-refractivity contribution is 0.0682. The van der Waals surface area contributed by atoms with Gasteiger partial charge < -0.3 is 10.0 Å². The lowest BCUT2D eigenvalue weighted by atomic mass is 10.1. The largest absolute Gasteiger partial charge is 0.389 e. The van der Waals surface area contributed by atoms with Gasteiger partial charge in [-0.2, -0.15) is 0 Å². The predicted molar refractivity (Wildman–Crippen MR) is 44.4 cm³/mol. The molecule has 0 aromatic heterocycles. The van der Waals surface area contributed by atoms with Gasteiger partial charge in [0.1, 0.15) is 0 Å². The third-order valence-electron chi connectivity index (χ3n) is 2.74. The molecule has 0 aromatic carbocycles. The standard InChI is InChI=1S/C9H17NO/c1-9(11)4-5-10(7-9)6-8-2-3-8/h8,11H,2-7H2,1H3. The molecule has 11 heavy (non-hydrogen) atoms. The normalized spacial score (nSPS) is 39.8. The summed E-state index contributed by atoms with van der Waals surface area (Å²) in [5.74, 6) is 0.962. The molecule has 1 saturated heterocycles. The monoisotopic (exact) mass is 155 g/mol. The maximum atomic E-state index is 9.66. The van der Waals surface area contributed by atoms with Crippen LogP contribution in [0.15, 0.2) is 0 Å². The van der Waals surface area contributed by atoms with Gasteiger partial charge in [-0.3, -0.25) is 0 Å². The molecule has 1 atom stereocenters. The zero-order chi connectivity index (χ0) is 7.90. The number of β-amino-alcohol motifs (C(OH)–C–C–N with tert-alkyl or cyclic N) is 1. The summed E-state index contributed by atoms with van der Waals surface area (Å²) in [7, 11) is 0. The first-order valence-electron chi connectivity index (χ1n) is 4.60. The van der Waals surface area contributed by atoms with Crippen molar-refractivity contribution in [3.05, 3.63) is 0 Å². The molecule has 1 saturated carbocycles. The molecule has 64 valence electrons. The Morgan fingerprint density at radius 3 is 2.73 bits per heavy atom. The summed E-state index contributed by atoms with van der Waals surface area (Å²) in [6.07, 6.45) is 3.79. The molecular formula is C9H17NO. The highest BCUT2D eigenvalue weighted by molar-refractivity contribution is 4.88. The van der Waals surface area contributed by atoms with Gasteiger partial charge in [0.15, 0.2) is 0 Å². The SMILES string of the molecule is CC1(O)CCN(CC2CC2)C1. The quantitative estimate of drug-likeness (QED) is 0.639. The van der Waals surface area contributed by atoms with E-state index in [-0.39, 0.29) is 0 Å². The maximum absolute atomic E-state index is 9.66. The summed E-state index contributed by atoms with van der Waals surface area (Å²) in [4.78, 5) is 2.40. The first-order valence-corrected chi connectivity index (χ1v) is 4.60. The van der Waals surface area contributed by atoms with Crippen LogP contribution in [-0.4, -0.2) is 35.2 Å². The van der Waals surface area contributed by atoms with Gasteiger partial charge in [-0.05, 0) is 32.1 Å². The molecule has 1 N–H and O–H groups in total. The average Bonchev–Trinajstić information content (AvgIpc) is 2.61. The Kier molecular flexibility index (Phi) is 1.69. The van der Waals surface area contributed by atoms with Crippen LogP contribution in [0.1, 0.15) is 26.2 Å². The zero-order valence-corrected chi connectivity index (χ0v) is 7.21. The van der Waals surface area contributed by atoms with Crippen LogP contribution >= 0.6 is 0 Å². The minimum atomic E-state index is -0.394. The second-order valence-corrected chi connectivity index (χ2v) is 4.43. The summed E-state index contributed by atoms with van der Waals surface area (Å²) in [5, 5.41) is 9.66. The third-order valence-corrected chi connectivity index (χ3v) is 2.74. The number of nitrogens with zero attached hydrogens (tertiary/aromatic N) is 1. The number of hydrogen-bond donors (Lipinski definition) is 1. The summed E-state index contributed by atoms with van der Waals surface area (Å²) >= 11 is 0. The Hall–Kier alpha value is -0.0800. The van der Waals surface area contributed by atoms with Gasteiger partial charge in [0.2, 0.25) is 0 Å². The van der Waals surface area contributed by atoms with E-state index in [2.05, 4.69) is 4.90 Å². The Labute approximate surface area is 68.2 Å². The van der Waals surface area contributed by atoms with E-state index >= 15 is 0 Å². The molecule has 1 aliphatic carbocycles. The fourth-order valence-electron chi connectivity index (χ4n) is 1.86. The molecule has 1 aliphatic heterocycles. The maximum Gasteiger partial charge on any atom is 0.0758 e. The molecule has 0 bridgehead atoms. The number of aliphatic hydroxyl groups is 1. The average molecular weight is 155 g/mol. The van der Waals surface area contributed by atoms with Gasteiger partial charge in [-0.15, -0.1) is 0 Å². The smallest absolute Gasteiger partial charge is 0.0758 e. The van der Waals surface area contributed by atoms with Crippen molar-refractivity contribution in [1.29, 1.82) is 0 Å². The highest BCUT2D eigenvalue weighted by Gasteiger charge is 2.34. The van der Waals surface area contributed by atoms with Gasteiger partial charge >= 0.3 is 0 Å². The molecule has 1 heterocycles. The second-order valence-electron chi connectivity index (χ2n) is 4.43. The highest BCUT2D eigenvalue weighted by atomic mass is 16.3. The minimum Gasteiger partial charge on any atom is -0.389 e. The summed E-state index contributed by atoms with van der Waals surface area (Å²) in [6, 6.07) is 0. The van der Waals surface area contributed by atoms with Gasteiger partial charge in [-0.1, -0.05) is 0 Å². The van der Waals surface area contributed by atoms with Gasteiger partial charge in [0.05, 0.1) is 5.60 Å². The van der Waals surface area contributed by atoms with Gasteiger partial charge in [-0.25, -0.2) is 0 Å². The van der Waals surface area contributed by atoms with Crippen LogP contribution in [0.25, 0.3) is 0 Å². The van der Waals surface area contributed by atoms with Crippen LogP contribution in [0.3, 0.4) is 0 Å². The molecule has 2 aliphatic rings. The Bertz CT molecular complexity index is 152. The van der Waals surface area contributed by atoms with E-state index in [1.54, 1.807) is 0 Å². The van der Waals surface area contributed by atoms with Crippen LogP contribution in [0.2, 0.25) is 0 Å². The summed E-state index contributed by atoms with van der Waals surface area (Å²) in [6.45, 7) is 5.17. The molecule has 0 radical (unpaired) electrons. The van der Waals surface area contributed by atoms with E-state index in [9.17, 15) is 5.11 Å². The molecule has 1 unspecified atom stereocenters. The van der Waals surface area contributed by atoms with Crippen LogP contribution in [0.4, 0.5) is 0 Å². The van der Waals surface area contributed by atoms with Crippen molar-refractivity contribution in [1.82, 2.24) is 4.90 Å². The molecule has 0 aromatic rings. The van der Waals surface area contributed by atoms with Crippen LogP contribution < -0.4 is 0 Å². The zero-order valence-electron chi connectivity index (χ0n) is 7.21. The van der Waals surface area contributed by atoms with E-state index in [0.29, 0.717) is 0 Å². The van der Waals surface area contributed by atoms with Crippen LogP contribution in [0.5, 0.6) is 0 Å². The predicted octanol–water partition coefficient (Wildman–Crippen LogP) is 0.853. The van der Waals surface area contributed by atoms with Crippen molar-refractivity contribution in [2.45, 2.75) is 31.8 Å². The van der Waals surface area contributed by atoms with Crippen molar-refractivity contribution in [2.24, 2.45) is 5.92 Å². The van der Waals surface area contributed by atoms with Crippen LogP contribution in [-0.2, 0) is 0 Å². The lowest BCUT2D eigenvalue weighted by Gasteiger charge is -2.18. The molecule has 2 heteroatoms. The molecule has 0 amide bonds. The number of rotatable bonds is 2. The lowest BCUT2D eigenvalue weighted by Crippen LogP contribution is -2.30. The van der Waals surface area contributed by atoms with Crippen LogP contribution in [0, 0.1) is 5.92 Å². The van der Waals surface area contributed by atoms with Gasteiger partial charge in [0.25, 0.3) is 0 Å². The molecular weight excluding hydrogens is 138 g/mol. The summed E-state index contributed by atoms with van der Waals surface area (Å²) < 4.78 is 0. The van der Waals surface area contributed by atoms with Crippen molar-refractivity contribution in [2.75, 3.05) is 19.6 Å². The van der Waals surface area contributed by atoms with Crippen molar-refractivity contribution in [3.63, 3.8) is 0 Å². The Morgan fingerprint density at radius 2 is 2.27 bits per heavy atom. The van der Waals surface area contributed by atoms with E-state index in [0.717, 1.165) is 25.4 Å². The molecule has 2 fully saturated rings. The van der Waals surface area contributed by atoms with E-state index in [1.807, 2.05) is 6.92 Å².